The first-order chi connectivity index (χ1) is 9.38. The van der Waals surface area contributed by atoms with Crippen molar-refractivity contribution >= 4 is 31.9 Å². The third kappa shape index (κ3) is 61.8. The monoisotopic (exact) mass is 416 g/mol. The van der Waals surface area contributed by atoms with Crippen LogP contribution >= 0.6 is 31.9 Å². The van der Waals surface area contributed by atoms with Crippen molar-refractivity contribution in [2.45, 2.75) is 51.4 Å². The van der Waals surface area contributed by atoms with E-state index in [4.69, 9.17) is 0 Å². The van der Waals surface area contributed by atoms with E-state index in [1.165, 1.54) is 62.0 Å². The standard InChI is InChI=1S/C10H20Br2.2C3H9N/c11-9-7-5-3-1-2-4-6-8-10-12;2*1-4(2)3/h1-10H2;2*1-3H3. The van der Waals surface area contributed by atoms with Gasteiger partial charge in [0.1, 0.15) is 0 Å². The molecule has 0 amide bonds. The van der Waals surface area contributed by atoms with Gasteiger partial charge in [-0.05, 0) is 55.1 Å². The highest BCUT2D eigenvalue weighted by Gasteiger charge is 1.90. The van der Waals surface area contributed by atoms with E-state index < -0.39 is 0 Å². The second kappa shape index (κ2) is 24.9. The minimum atomic E-state index is 1.18. The smallest absolute Gasteiger partial charge is 0.00313 e. The number of alkyl halides is 2. The highest BCUT2D eigenvalue weighted by Crippen LogP contribution is 2.09. The van der Waals surface area contributed by atoms with E-state index in [9.17, 15) is 0 Å². The van der Waals surface area contributed by atoms with E-state index in [-0.39, 0.29) is 0 Å². The van der Waals surface area contributed by atoms with Crippen LogP contribution in [-0.4, -0.2) is 62.7 Å². The molecule has 0 radical (unpaired) electrons. The van der Waals surface area contributed by atoms with Crippen LogP contribution in [0, 0.1) is 0 Å². The van der Waals surface area contributed by atoms with Gasteiger partial charge in [0.05, 0.1) is 0 Å². The van der Waals surface area contributed by atoms with Crippen molar-refractivity contribution < 1.29 is 0 Å². The second-order valence-electron chi connectivity index (χ2n) is 5.89. The fourth-order valence-corrected chi connectivity index (χ4v) is 2.04. The Morgan fingerprint density at radius 1 is 0.450 bits per heavy atom. The van der Waals surface area contributed by atoms with Gasteiger partial charge in [0.2, 0.25) is 0 Å². The average Bonchev–Trinajstić information content (AvgIpc) is 2.31. The van der Waals surface area contributed by atoms with Crippen molar-refractivity contribution in [3.8, 4) is 0 Å². The zero-order chi connectivity index (χ0) is 16.2. The summed E-state index contributed by atoms with van der Waals surface area (Å²) in [5, 5.41) is 2.35. The molecule has 20 heavy (non-hydrogen) atoms. The molecule has 0 aliphatic carbocycles. The van der Waals surface area contributed by atoms with Gasteiger partial charge in [-0.3, -0.25) is 0 Å². The van der Waals surface area contributed by atoms with Crippen LogP contribution in [0.15, 0.2) is 0 Å². The fourth-order valence-electron chi connectivity index (χ4n) is 1.25. The van der Waals surface area contributed by atoms with Crippen LogP contribution in [0.4, 0.5) is 0 Å². The topological polar surface area (TPSA) is 6.48 Å². The molecule has 0 aromatic rings. The van der Waals surface area contributed by atoms with Gasteiger partial charge in [0.15, 0.2) is 0 Å². The predicted octanol–water partition coefficient (Wildman–Crippen LogP) is 5.25. The van der Waals surface area contributed by atoms with Crippen molar-refractivity contribution in [1.29, 1.82) is 0 Å². The Balaban J connectivity index is -0.000000297. The van der Waals surface area contributed by atoms with E-state index in [0.717, 1.165) is 0 Å². The summed E-state index contributed by atoms with van der Waals surface area (Å²) in [6.07, 6.45) is 11.3. The lowest BCUT2D eigenvalue weighted by atomic mass is 10.1. The van der Waals surface area contributed by atoms with Gasteiger partial charge in [0.25, 0.3) is 0 Å². The van der Waals surface area contributed by atoms with Gasteiger partial charge in [0, 0.05) is 10.7 Å². The fraction of sp³-hybridized carbons (Fsp3) is 1.00. The minimum Gasteiger partial charge on any atom is -0.312 e. The van der Waals surface area contributed by atoms with Crippen LogP contribution in [0.2, 0.25) is 0 Å². The molecule has 0 saturated carbocycles. The van der Waals surface area contributed by atoms with Gasteiger partial charge in [-0.2, -0.15) is 0 Å². The molecule has 0 aliphatic heterocycles. The summed E-state index contributed by atoms with van der Waals surface area (Å²) in [5.74, 6) is 0. The maximum absolute atomic E-state index is 3.45. The molecule has 0 bridgehead atoms. The molecule has 0 unspecified atom stereocenters. The molecule has 0 spiro atoms. The lowest BCUT2D eigenvalue weighted by molar-refractivity contribution is 0.505. The lowest BCUT2D eigenvalue weighted by Crippen LogP contribution is -1.99. The van der Waals surface area contributed by atoms with E-state index >= 15 is 0 Å². The van der Waals surface area contributed by atoms with Crippen molar-refractivity contribution in [3.05, 3.63) is 0 Å². The maximum atomic E-state index is 3.45. The SMILES string of the molecule is BrCCCCCCCCCCBr.CN(C)C.CN(C)C. The number of nitrogens with zero attached hydrogens (tertiary/aromatic N) is 2. The average molecular weight is 418 g/mol. The van der Waals surface area contributed by atoms with Crippen molar-refractivity contribution in [3.63, 3.8) is 0 Å². The molecule has 0 heterocycles. The van der Waals surface area contributed by atoms with Gasteiger partial charge < -0.3 is 9.80 Å². The number of unbranched alkanes of at least 4 members (excludes halogenated alkanes) is 7. The van der Waals surface area contributed by atoms with E-state index in [1.807, 2.05) is 52.1 Å². The molecule has 126 valence electrons. The molecule has 0 aliphatic rings. The van der Waals surface area contributed by atoms with Gasteiger partial charge in [-0.25, -0.2) is 0 Å². The maximum Gasteiger partial charge on any atom is 0.00313 e. The molecule has 0 aromatic heterocycles. The Bertz CT molecular complexity index is 121. The second-order valence-corrected chi connectivity index (χ2v) is 7.48. The Kier molecular flexibility index (Phi) is 32.1. The van der Waals surface area contributed by atoms with E-state index in [1.54, 1.807) is 0 Å². The van der Waals surface area contributed by atoms with Crippen molar-refractivity contribution in [2.24, 2.45) is 0 Å². The highest BCUT2D eigenvalue weighted by atomic mass is 79.9. The summed E-state index contributed by atoms with van der Waals surface area (Å²) >= 11 is 6.90. The first-order valence-electron chi connectivity index (χ1n) is 7.72. The van der Waals surface area contributed by atoms with Crippen LogP contribution in [0.25, 0.3) is 0 Å². The van der Waals surface area contributed by atoms with Crippen LogP contribution in [0.1, 0.15) is 51.4 Å². The van der Waals surface area contributed by atoms with Gasteiger partial charge in [-0.1, -0.05) is 70.4 Å². The number of halogens is 2. The van der Waals surface area contributed by atoms with Gasteiger partial charge >= 0.3 is 0 Å². The molecule has 2 nitrogen and oxygen atoms in total. The Morgan fingerprint density at radius 2 is 0.600 bits per heavy atom. The first-order valence-corrected chi connectivity index (χ1v) is 9.96. The van der Waals surface area contributed by atoms with Crippen molar-refractivity contribution in [2.75, 3.05) is 52.9 Å². The quantitative estimate of drug-likeness (QED) is 0.373. The normalized spacial score (nSPS) is 9.90. The summed E-state index contributed by atoms with van der Waals surface area (Å²) in [6, 6.07) is 0. The summed E-state index contributed by atoms with van der Waals surface area (Å²) in [7, 11) is 12.0. The molecule has 0 saturated heterocycles. The number of hydrogen-bond donors (Lipinski definition) is 0. The zero-order valence-electron chi connectivity index (χ0n) is 14.7. The molecule has 4 heteroatoms. The molecule has 0 fully saturated rings. The third-order valence-electron chi connectivity index (χ3n) is 2.02. The van der Waals surface area contributed by atoms with E-state index in [2.05, 4.69) is 31.9 Å². The molecular weight excluding hydrogens is 380 g/mol. The first kappa shape index (κ1) is 25.8. The Morgan fingerprint density at radius 3 is 0.750 bits per heavy atom. The molecule has 0 rings (SSSR count). The molecule has 0 N–H and O–H groups in total. The van der Waals surface area contributed by atoms with E-state index in [0.29, 0.717) is 0 Å². The van der Waals surface area contributed by atoms with Crippen molar-refractivity contribution in [1.82, 2.24) is 9.80 Å². The molecular formula is C16H38Br2N2. The number of rotatable bonds is 9. The summed E-state index contributed by atoms with van der Waals surface area (Å²) in [5.41, 5.74) is 0. The number of hydrogen-bond acceptors (Lipinski definition) is 2. The molecule has 0 aromatic carbocycles. The zero-order valence-corrected chi connectivity index (χ0v) is 17.9. The largest absolute Gasteiger partial charge is 0.312 e. The molecule has 0 atom stereocenters. The third-order valence-corrected chi connectivity index (χ3v) is 3.14. The summed E-state index contributed by atoms with van der Waals surface area (Å²) in [6.45, 7) is 0. The Hall–Kier alpha value is 0.880. The van der Waals surface area contributed by atoms with Crippen LogP contribution < -0.4 is 0 Å². The van der Waals surface area contributed by atoms with Crippen LogP contribution in [-0.2, 0) is 0 Å². The predicted molar refractivity (Wildman–Crippen MR) is 104 cm³/mol. The lowest BCUT2D eigenvalue weighted by Gasteiger charge is -1.99. The Labute approximate surface area is 145 Å². The summed E-state index contributed by atoms with van der Waals surface area (Å²) < 4.78 is 0. The van der Waals surface area contributed by atoms with Crippen LogP contribution in [0.5, 0.6) is 0 Å². The minimum absolute atomic E-state index is 1.18. The highest BCUT2D eigenvalue weighted by molar-refractivity contribution is 9.09. The summed E-state index contributed by atoms with van der Waals surface area (Å²) in [4.78, 5) is 4.00. The van der Waals surface area contributed by atoms with Gasteiger partial charge in [-0.15, -0.1) is 0 Å². The van der Waals surface area contributed by atoms with Crippen LogP contribution in [0.3, 0.4) is 0 Å².